The van der Waals surface area contributed by atoms with Crippen LogP contribution in [0, 0.1) is 50.2 Å². The van der Waals surface area contributed by atoms with Crippen LogP contribution in [0.1, 0.15) is 113 Å². The number of rotatable bonds is 1. The second kappa shape index (κ2) is 6.89. The van der Waals surface area contributed by atoms with E-state index < -0.39 is 11.4 Å². The van der Waals surface area contributed by atoms with E-state index in [1.54, 1.807) is 0 Å². The van der Waals surface area contributed by atoms with Crippen LogP contribution in [0.4, 0.5) is 0 Å². The summed E-state index contributed by atoms with van der Waals surface area (Å²) in [4.78, 5) is 12.8. The van der Waals surface area contributed by atoms with Crippen molar-refractivity contribution >= 4 is 5.97 Å². The summed E-state index contributed by atoms with van der Waals surface area (Å²) in [6.45, 7) is 16.9. The minimum absolute atomic E-state index is 0.0301. The highest BCUT2D eigenvalue weighted by atomic mass is 16.4. The molecule has 4 unspecified atom stereocenters. The molecule has 5 aliphatic carbocycles. The third-order valence-corrected chi connectivity index (χ3v) is 13.0. The van der Waals surface area contributed by atoms with Crippen molar-refractivity contribution in [3.05, 3.63) is 11.6 Å². The van der Waals surface area contributed by atoms with Crippen LogP contribution in [-0.2, 0) is 4.79 Å². The summed E-state index contributed by atoms with van der Waals surface area (Å²) in [5.74, 6) is 0.807. The normalized spacial score (nSPS) is 52.4. The molecule has 0 spiro atoms. The Balaban J connectivity index is 1.60. The zero-order valence-corrected chi connectivity index (χ0v) is 22.3. The highest BCUT2D eigenvalue weighted by Crippen LogP contribution is 2.75. The van der Waals surface area contributed by atoms with E-state index >= 15 is 0 Å². The first kappa shape index (κ1) is 23.9. The molecule has 0 aromatic heterocycles. The highest BCUT2D eigenvalue weighted by Gasteiger charge is 2.69. The summed E-state index contributed by atoms with van der Waals surface area (Å²) in [5.41, 5.74) is 1.68. The van der Waals surface area contributed by atoms with Crippen molar-refractivity contribution in [1.29, 1.82) is 0 Å². The lowest BCUT2D eigenvalue weighted by atomic mass is 9.33. The predicted molar refractivity (Wildman–Crippen MR) is 133 cm³/mol. The minimum atomic E-state index is -0.553. The molecule has 0 radical (unpaired) electrons. The van der Waals surface area contributed by atoms with Crippen molar-refractivity contribution in [3.63, 3.8) is 0 Å². The molecule has 5 aliphatic rings. The molecular weight excluding hydrogens is 408 g/mol. The topological polar surface area (TPSA) is 57.5 Å². The molecule has 0 aliphatic heterocycles. The summed E-state index contributed by atoms with van der Waals surface area (Å²) in [6.07, 6.45) is 12.6. The number of hydrogen-bond donors (Lipinski definition) is 2. The number of fused-ring (bicyclic) bond motifs is 7. The third-order valence-electron chi connectivity index (χ3n) is 13.0. The third kappa shape index (κ3) is 2.87. The van der Waals surface area contributed by atoms with Crippen molar-refractivity contribution in [2.45, 2.75) is 119 Å². The second-order valence-electron chi connectivity index (χ2n) is 15.1. The summed E-state index contributed by atoms with van der Waals surface area (Å²) in [6, 6.07) is 0. The van der Waals surface area contributed by atoms with Crippen molar-refractivity contribution in [2.75, 3.05) is 0 Å². The molecular formula is C30H48O3. The van der Waals surface area contributed by atoms with Crippen LogP contribution in [0.25, 0.3) is 0 Å². The van der Waals surface area contributed by atoms with Gasteiger partial charge in [0.2, 0.25) is 0 Å². The lowest BCUT2D eigenvalue weighted by Gasteiger charge is -2.71. The monoisotopic (exact) mass is 456 g/mol. The number of allylic oxidation sites excluding steroid dienone is 2. The number of aliphatic carboxylic acids is 1. The lowest BCUT2D eigenvalue weighted by Crippen LogP contribution is -2.65. The first-order chi connectivity index (χ1) is 15.1. The van der Waals surface area contributed by atoms with E-state index in [0.717, 1.165) is 51.4 Å². The Hall–Kier alpha value is -0.830. The number of aliphatic hydroxyl groups excluding tert-OH is 1. The van der Waals surface area contributed by atoms with Crippen molar-refractivity contribution in [2.24, 2.45) is 50.2 Å². The zero-order chi connectivity index (χ0) is 24.2. The van der Waals surface area contributed by atoms with E-state index in [0.29, 0.717) is 11.8 Å². The summed E-state index contributed by atoms with van der Waals surface area (Å²) < 4.78 is 0. The molecule has 186 valence electrons. The number of carboxylic acids is 1. The zero-order valence-electron chi connectivity index (χ0n) is 22.3. The van der Waals surface area contributed by atoms with Gasteiger partial charge in [0, 0.05) is 0 Å². The van der Waals surface area contributed by atoms with Crippen LogP contribution in [0.2, 0.25) is 0 Å². The largest absolute Gasteiger partial charge is 0.481 e. The quantitative estimate of drug-likeness (QED) is 0.409. The van der Waals surface area contributed by atoms with Gasteiger partial charge in [0.1, 0.15) is 0 Å². The maximum absolute atomic E-state index is 12.8. The Bertz CT molecular complexity index is 885. The standard InChI is InChI=1S/C30H48O3/c1-25(2)14-16-30(24(32)33)17-15-28(6)19(20(30)18-25)8-9-22-27(5)12-11-23(31)26(3,4)21(27)10-13-29(22,28)7/h8,20-23,31H,9-18H2,1-7H3,(H,32,33)/t20?,21-,22?,23-,27?,28+,29-,30?/m0/s1. The summed E-state index contributed by atoms with van der Waals surface area (Å²) in [5, 5.41) is 21.4. The Morgan fingerprint density at radius 3 is 2.21 bits per heavy atom. The molecule has 3 nitrogen and oxygen atoms in total. The SMILES string of the molecule is CC1(C)CCC2(C(=O)O)CC[C@]3(C)C(=CCC4C5(C)CC[C@H](O)C(C)(C)[C@@H]5CC[C@@]43C)C2C1. The van der Waals surface area contributed by atoms with Crippen molar-refractivity contribution in [1.82, 2.24) is 0 Å². The fourth-order valence-corrected chi connectivity index (χ4v) is 10.6. The fraction of sp³-hybridized carbons (Fsp3) is 0.900. The van der Waals surface area contributed by atoms with Gasteiger partial charge < -0.3 is 10.2 Å². The minimum Gasteiger partial charge on any atom is -0.481 e. The summed E-state index contributed by atoms with van der Waals surface area (Å²) >= 11 is 0. The van der Waals surface area contributed by atoms with E-state index in [1.165, 1.54) is 18.4 Å². The van der Waals surface area contributed by atoms with Gasteiger partial charge in [0.05, 0.1) is 11.5 Å². The maximum Gasteiger partial charge on any atom is 0.310 e. The molecule has 33 heavy (non-hydrogen) atoms. The molecule has 0 amide bonds. The first-order valence-electron chi connectivity index (χ1n) is 13.8. The van der Waals surface area contributed by atoms with Gasteiger partial charge >= 0.3 is 5.97 Å². The van der Waals surface area contributed by atoms with Crippen LogP contribution in [-0.4, -0.2) is 22.3 Å². The lowest BCUT2D eigenvalue weighted by molar-refractivity contribution is -0.205. The number of aliphatic hydroxyl groups is 1. The molecule has 0 aromatic rings. The summed E-state index contributed by atoms with van der Waals surface area (Å²) in [7, 11) is 0. The molecule has 5 rings (SSSR count). The van der Waals surface area contributed by atoms with E-state index in [2.05, 4.69) is 54.5 Å². The van der Waals surface area contributed by atoms with Gasteiger partial charge in [-0.05, 0) is 109 Å². The Labute approximate surface area is 201 Å². The Morgan fingerprint density at radius 1 is 0.879 bits per heavy atom. The molecule has 4 fully saturated rings. The molecule has 2 N–H and O–H groups in total. The van der Waals surface area contributed by atoms with Gasteiger partial charge in [-0.1, -0.05) is 60.1 Å². The van der Waals surface area contributed by atoms with Gasteiger partial charge in [0.25, 0.3) is 0 Å². The van der Waals surface area contributed by atoms with Gasteiger partial charge in [-0.3, -0.25) is 4.79 Å². The van der Waals surface area contributed by atoms with Crippen molar-refractivity contribution < 1.29 is 15.0 Å². The Kier molecular flexibility index (Phi) is 4.99. The predicted octanol–water partition coefficient (Wildman–Crippen LogP) is 7.23. The highest BCUT2D eigenvalue weighted by molar-refractivity contribution is 5.76. The molecule has 0 saturated heterocycles. The maximum atomic E-state index is 12.8. The molecule has 4 saturated carbocycles. The molecule has 0 aromatic carbocycles. The molecule has 3 heteroatoms. The van der Waals surface area contributed by atoms with Crippen LogP contribution in [0.5, 0.6) is 0 Å². The molecule has 0 heterocycles. The first-order valence-corrected chi connectivity index (χ1v) is 13.8. The van der Waals surface area contributed by atoms with Crippen molar-refractivity contribution in [3.8, 4) is 0 Å². The van der Waals surface area contributed by atoms with Gasteiger partial charge in [-0.15, -0.1) is 0 Å². The van der Waals surface area contributed by atoms with E-state index in [4.69, 9.17) is 0 Å². The van der Waals surface area contributed by atoms with Crippen LogP contribution in [0.15, 0.2) is 11.6 Å². The average Bonchev–Trinajstić information content (AvgIpc) is 2.71. The van der Waals surface area contributed by atoms with Gasteiger partial charge in [0.15, 0.2) is 0 Å². The molecule has 8 atom stereocenters. The van der Waals surface area contributed by atoms with Crippen LogP contribution >= 0.6 is 0 Å². The Morgan fingerprint density at radius 2 is 1.55 bits per heavy atom. The van der Waals surface area contributed by atoms with E-state index in [1.807, 2.05) is 0 Å². The average molecular weight is 457 g/mol. The fourth-order valence-electron chi connectivity index (χ4n) is 10.6. The second-order valence-corrected chi connectivity index (χ2v) is 15.1. The van der Waals surface area contributed by atoms with Crippen LogP contribution in [0.3, 0.4) is 0 Å². The molecule has 0 bridgehead atoms. The van der Waals surface area contributed by atoms with E-state index in [-0.39, 0.29) is 39.1 Å². The number of carboxylic acid groups (broad SMARTS) is 1. The number of hydrogen-bond acceptors (Lipinski definition) is 2. The van der Waals surface area contributed by atoms with Gasteiger partial charge in [-0.2, -0.15) is 0 Å². The number of carbonyl (C=O) groups is 1. The smallest absolute Gasteiger partial charge is 0.310 e. The van der Waals surface area contributed by atoms with Gasteiger partial charge in [-0.25, -0.2) is 0 Å². The van der Waals surface area contributed by atoms with E-state index in [9.17, 15) is 15.0 Å². The van der Waals surface area contributed by atoms with Crippen LogP contribution < -0.4 is 0 Å².